The van der Waals surface area contributed by atoms with E-state index in [2.05, 4.69) is 20.7 Å². The summed E-state index contributed by atoms with van der Waals surface area (Å²) in [7, 11) is 2.97. The number of phenolic OH excluding ortho intramolecular Hbond substituents is 1. The average molecular weight is 486 g/mol. The lowest BCUT2D eigenvalue weighted by Gasteiger charge is -2.29. The number of halogens is 1. The van der Waals surface area contributed by atoms with Crippen molar-refractivity contribution in [1.29, 1.82) is 0 Å². The number of carbonyl (C=O) groups excluding carboxylic acids is 1. The molecule has 0 aliphatic carbocycles. The van der Waals surface area contributed by atoms with E-state index in [9.17, 15) is 9.90 Å². The molecule has 2 heterocycles. The van der Waals surface area contributed by atoms with Crippen LogP contribution in [0, 0.1) is 0 Å². The second-order valence-electron chi connectivity index (χ2n) is 7.40. The number of hydrogen-bond donors (Lipinski definition) is 3. The van der Waals surface area contributed by atoms with Crippen molar-refractivity contribution in [1.82, 2.24) is 14.8 Å². The lowest BCUT2D eigenvalue weighted by Crippen LogP contribution is -2.31. The number of rotatable bonds is 7. The van der Waals surface area contributed by atoms with Gasteiger partial charge in [-0.15, -0.1) is 0 Å². The van der Waals surface area contributed by atoms with Crippen molar-refractivity contribution in [2.75, 3.05) is 31.5 Å². The van der Waals surface area contributed by atoms with Crippen molar-refractivity contribution in [3.05, 3.63) is 58.5 Å². The Morgan fingerprint density at radius 3 is 2.68 bits per heavy atom. The van der Waals surface area contributed by atoms with Crippen molar-refractivity contribution >= 4 is 29.1 Å². The van der Waals surface area contributed by atoms with Crippen LogP contribution in [0.15, 0.2) is 47.9 Å². The summed E-state index contributed by atoms with van der Waals surface area (Å²) < 4.78 is 17.8. The Morgan fingerprint density at radius 2 is 1.97 bits per heavy atom. The Labute approximate surface area is 201 Å². The van der Waals surface area contributed by atoms with E-state index in [-0.39, 0.29) is 5.75 Å². The Bertz CT molecular complexity index is 1270. The number of aromatic nitrogens is 3. The minimum atomic E-state index is -0.640. The zero-order valence-electron chi connectivity index (χ0n) is 19.0. The highest BCUT2D eigenvalue weighted by Crippen LogP contribution is 2.40. The molecule has 0 unspecified atom stereocenters. The van der Waals surface area contributed by atoms with Gasteiger partial charge in [0.25, 0.3) is 5.91 Å². The number of methoxy groups -OCH3 is 2. The molecule has 1 amide bonds. The first kappa shape index (κ1) is 23.2. The van der Waals surface area contributed by atoms with Crippen LogP contribution in [0.3, 0.4) is 0 Å². The van der Waals surface area contributed by atoms with E-state index in [4.69, 9.17) is 25.8 Å². The van der Waals surface area contributed by atoms with Crippen LogP contribution in [0.25, 0.3) is 0 Å². The molecule has 1 aromatic heterocycles. The fourth-order valence-corrected chi connectivity index (χ4v) is 4.04. The number of fused-ring (bicyclic) bond motifs is 1. The number of hydrogen-bond acceptors (Lipinski definition) is 8. The Hall–Kier alpha value is -3.92. The molecule has 11 heteroatoms. The molecule has 0 bridgehead atoms. The maximum atomic E-state index is 13.6. The molecule has 0 radical (unpaired) electrons. The van der Waals surface area contributed by atoms with Gasteiger partial charge in [0.1, 0.15) is 23.9 Å². The molecule has 1 aliphatic rings. The largest absolute Gasteiger partial charge is 0.504 e. The molecular formula is C23H24ClN5O5. The maximum Gasteiger partial charge on any atom is 0.255 e. The van der Waals surface area contributed by atoms with Gasteiger partial charge in [-0.25, -0.2) is 4.68 Å². The van der Waals surface area contributed by atoms with Crippen LogP contribution >= 0.6 is 11.6 Å². The number of allylic oxidation sites excluding steroid dienone is 1. The fourth-order valence-electron chi connectivity index (χ4n) is 3.81. The number of nitrogens with one attached hydrogen (secondary N) is 2. The Balaban J connectivity index is 1.78. The van der Waals surface area contributed by atoms with Crippen LogP contribution in [0.4, 0.5) is 11.6 Å². The average Bonchev–Trinajstić information content (AvgIpc) is 3.28. The third kappa shape index (κ3) is 4.19. The normalized spacial score (nSPS) is 14.8. The second kappa shape index (κ2) is 9.52. The Morgan fingerprint density at radius 1 is 1.21 bits per heavy atom. The SMILES string of the molecule is CCOc1cc([C@H]2C(C(=O)Nc3cc(OC)c(Cl)cc3OC)=C(C)Nc3ncnn32)ccc1O. The number of nitrogens with zero attached hydrogens (tertiary/aromatic N) is 3. The standard InChI is InChI=1S/C23H24ClN5O5/c1-5-34-19-8-13(6-7-16(19)30)21-20(12(2)27-23-25-11-26-29(21)23)22(31)28-15-10-17(32-3)14(24)9-18(15)33-4/h6-11,21,30H,5H2,1-4H3,(H,28,31)(H,25,26,27)/t21-/m0/s1. The van der Waals surface area contributed by atoms with Crippen molar-refractivity contribution < 1.29 is 24.1 Å². The van der Waals surface area contributed by atoms with Gasteiger partial charge in [0.15, 0.2) is 11.5 Å². The second-order valence-corrected chi connectivity index (χ2v) is 7.80. The first-order valence-electron chi connectivity index (χ1n) is 10.4. The first-order valence-corrected chi connectivity index (χ1v) is 10.8. The van der Waals surface area contributed by atoms with Crippen LogP contribution in [-0.4, -0.2) is 46.6 Å². The van der Waals surface area contributed by atoms with Crippen LogP contribution in [0.2, 0.25) is 5.02 Å². The maximum absolute atomic E-state index is 13.6. The minimum absolute atomic E-state index is 0.00282. The summed E-state index contributed by atoms with van der Waals surface area (Å²) in [4.78, 5) is 17.9. The van der Waals surface area contributed by atoms with Crippen LogP contribution in [0.5, 0.6) is 23.0 Å². The molecule has 1 atom stereocenters. The zero-order valence-corrected chi connectivity index (χ0v) is 19.8. The van der Waals surface area contributed by atoms with Gasteiger partial charge in [-0.3, -0.25) is 4.79 Å². The topological polar surface area (TPSA) is 120 Å². The van der Waals surface area contributed by atoms with E-state index in [1.54, 1.807) is 35.9 Å². The van der Waals surface area contributed by atoms with Gasteiger partial charge >= 0.3 is 0 Å². The van der Waals surface area contributed by atoms with Crippen molar-refractivity contribution in [3.63, 3.8) is 0 Å². The molecule has 34 heavy (non-hydrogen) atoms. The highest BCUT2D eigenvalue weighted by Gasteiger charge is 2.34. The number of carbonyl (C=O) groups is 1. The highest BCUT2D eigenvalue weighted by molar-refractivity contribution is 6.32. The van der Waals surface area contributed by atoms with Gasteiger partial charge in [0, 0.05) is 17.8 Å². The summed E-state index contributed by atoms with van der Waals surface area (Å²) in [5, 5.41) is 20.9. The van der Waals surface area contributed by atoms with Gasteiger partial charge in [-0.1, -0.05) is 17.7 Å². The van der Waals surface area contributed by atoms with Crippen molar-refractivity contribution in [2.45, 2.75) is 19.9 Å². The van der Waals surface area contributed by atoms with Crippen LogP contribution < -0.4 is 24.8 Å². The van der Waals surface area contributed by atoms with Gasteiger partial charge in [0.05, 0.1) is 37.1 Å². The lowest BCUT2D eigenvalue weighted by molar-refractivity contribution is -0.113. The number of anilines is 2. The summed E-state index contributed by atoms with van der Waals surface area (Å²) in [6.45, 7) is 3.98. The number of phenols is 1. The van der Waals surface area contributed by atoms with Gasteiger partial charge in [0.2, 0.25) is 5.95 Å². The third-order valence-corrected chi connectivity index (χ3v) is 5.66. The van der Waals surface area contributed by atoms with Gasteiger partial charge < -0.3 is 30.0 Å². The molecule has 0 saturated heterocycles. The first-order chi connectivity index (χ1) is 16.4. The molecule has 3 aromatic rings. The zero-order chi connectivity index (χ0) is 24.4. The predicted molar refractivity (Wildman–Crippen MR) is 127 cm³/mol. The highest BCUT2D eigenvalue weighted by atomic mass is 35.5. The number of benzene rings is 2. The van der Waals surface area contributed by atoms with Gasteiger partial charge in [-0.2, -0.15) is 10.1 Å². The molecule has 178 valence electrons. The van der Waals surface area contributed by atoms with Crippen molar-refractivity contribution in [2.24, 2.45) is 0 Å². The van der Waals surface area contributed by atoms with Crippen LogP contribution in [-0.2, 0) is 4.79 Å². The molecular weight excluding hydrogens is 462 g/mol. The quantitative estimate of drug-likeness (QED) is 0.459. The third-order valence-electron chi connectivity index (χ3n) is 5.36. The van der Waals surface area contributed by atoms with Crippen LogP contribution in [0.1, 0.15) is 25.5 Å². The molecule has 0 saturated carbocycles. The molecule has 10 nitrogen and oxygen atoms in total. The summed E-state index contributed by atoms with van der Waals surface area (Å²) in [5.41, 5.74) is 2.05. The molecule has 0 fully saturated rings. The lowest BCUT2D eigenvalue weighted by atomic mass is 9.94. The number of ether oxygens (including phenoxy) is 3. The Kier molecular flexibility index (Phi) is 6.51. The predicted octanol–water partition coefficient (Wildman–Crippen LogP) is 3.98. The number of amides is 1. The van der Waals surface area contributed by atoms with E-state index in [0.29, 0.717) is 57.3 Å². The molecule has 4 rings (SSSR count). The number of aromatic hydroxyl groups is 1. The van der Waals surface area contributed by atoms with E-state index < -0.39 is 11.9 Å². The molecule has 0 spiro atoms. The van der Waals surface area contributed by atoms with E-state index in [1.165, 1.54) is 26.6 Å². The molecule has 3 N–H and O–H groups in total. The molecule has 2 aromatic carbocycles. The van der Waals surface area contributed by atoms with E-state index in [1.807, 2.05) is 6.92 Å². The molecule has 1 aliphatic heterocycles. The van der Waals surface area contributed by atoms with E-state index >= 15 is 0 Å². The van der Waals surface area contributed by atoms with E-state index in [0.717, 1.165) is 0 Å². The summed E-state index contributed by atoms with van der Waals surface area (Å²) >= 11 is 6.20. The smallest absolute Gasteiger partial charge is 0.255 e. The summed E-state index contributed by atoms with van der Waals surface area (Å²) in [5.74, 6) is 1.16. The van der Waals surface area contributed by atoms with Crippen molar-refractivity contribution in [3.8, 4) is 23.0 Å². The summed E-state index contributed by atoms with van der Waals surface area (Å²) in [6, 6.07) is 7.45. The summed E-state index contributed by atoms with van der Waals surface area (Å²) in [6.07, 6.45) is 1.40. The fraction of sp³-hybridized carbons (Fsp3) is 0.261. The van der Waals surface area contributed by atoms with Gasteiger partial charge in [-0.05, 0) is 31.5 Å². The monoisotopic (exact) mass is 485 g/mol. The minimum Gasteiger partial charge on any atom is -0.504 e.